The van der Waals surface area contributed by atoms with E-state index in [0.717, 1.165) is 28.9 Å². The molecule has 0 spiro atoms. The van der Waals surface area contributed by atoms with Crippen molar-refractivity contribution in [1.29, 1.82) is 0 Å². The first-order valence-corrected chi connectivity index (χ1v) is 8.97. The largest absolute Gasteiger partial charge is 0.381 e. The van der Waals surface area contributed by atoms with Crippen LogP contribution in [0, 0.1) is 5.92 Å². The van der Waals surface area contributed by atoms with Crippen LogP contribution in [0.1, 0.15) is 25.7 Å². The van der Waals surface area contributed by atoms with Crippen molar-refractivity contribution in [2.24, 2.45) is 5.92 Å². The molecule has 0 amide bonds. The van der Waals surface area contributed by atoms with Gasteiger partial charge in [-0.05, 0) is 54.7 Å². The van der Waals surface area contributed by atoms with E-state index in [-0.39, 0.29) is 0 Å². The molecule has 5 heteroatoms. The Balaban J connectivity index is 1.45. The van der Waals surface area contributed by atoms with Gasteiger partial charge in [0.2, 0.25) is 0 Å². The van der Waals surface area contributed by atoms with Crippen LogP contribution in [0.5, 0.6) is 0 Å². The van der Waals surface area contributed by atoms with E-state index in [2.05, 4.69) is 44.8 Å². The van der Waals surface area contributed by atoms with E-state index < -0.39 is 0 Å². The fourth-order valence-electron chi connectivity index (χ4n) is 3.65. The highest BCUT2D eigenvalue weighted by molar-refractivity contribution is 5.88. The lowest BCUT2D eigenvalue weighted by Crippen LogP contribution is -2.25. The number of anilines is 1. The summed E-state index contributed by atoms with van der Waals surface area (Å²) in [6.45, 7) is 0.983. The van der Waals surface area contributed by atoms with Crippen molar-refractivity contribution in [2.75, 3.05) is 19.0 Å². The predicted molar refractivity (Wildman–Crippen MR) is 101 cm³/mol. The minimum absolute atomic E-state index is 0.455. The Morgan fingerprint density at radius 3 is 2.72 bits per heavy atom. The number of rotatable bonds is 5. The van der Waals surface area contributed by atoms with Gasteiger partial charge in [0.25, 0.3) is 0 Å². The lowest BCUT2D eigenvalue weighted by molar-refractivity contribution is 0.0585. The highest BCUT2D eigenvalue weighted by atomic mass is 16.5. The molecule has 0 radical (unpaired) electrons. The number of hydrogen-bond donors (Lipinski definition) is 2. The fraction of sp³-hybridized carbons (Fsp3) is 0.400. The number of benzene rings is 1. The molecule has 1 saturated carbocycles. The molecule has 1 aromatic carbocycles. The average molecular weight is 336 g/mol. The maximum absolute atomic E-state index is 5.45. The van der Waals surface area contributed by atoms with Gasteiger partial charge in [0, 0.05) is 37.0 Å². The summed E-state index contributed by atoms with van der Waals surface area (Å²) in [4.78, 5) is 4.56. The zero-order valence-corrected chi connectivity index (χ0v) is 14.5. The van der Waals surface area contributed by atoms with Gasteiger partial charge in [-0.25, -0.2) is 4.98 Å². The second-order valence-corrected chi connectivity index (χ2v) is 6.88. The number of pyridine rings is 1. The number of hydrogen-bond acceptors (Lipinski definition) is 4. The number of aromatic nitrogens is 3. The van der Waals surface area contributed by atoms with E-state index >= 15 is 0 Å². The molecule has 1 aliphatic carbocycles. The quantitative estimate of drug-likeness (QED) is 0.731. The zero-order chi connectivity index (χ0) is 17.1. The van der Waals surface area contributed by atoms with Crippen molar-refractivity contribution in [1.82, 2.24) is 15.2 Å². The summed E-state index contributed by atoms with van der Waals surface area (Å²) in [5.74, 6) is 1.66. The summed E-state index contributed by atoms with van der Waals surface area (Å²) >= 11 is 0. The molecule has 2 aromatic heterocycles. The molecule has 3 aromatic rings. The third-order valence-corrected chi connectivity index (χ3v) is 5.25. The predicted octanol–water partition coefficient (Wildman–Crippen LogP) is 4.24. The Morgan fingerprint density at radius 2 is 1.96 bits per heavy atom. The van der Waals surface area contributed by atoms with Crippen LogP contribution < -0.4 is 5.32 Å². The van der Waals surface area contributed by atoms with E-state index in [1.54, 1.807) is 0 Å². The molecule has 130 valence electrons. The van der Waals surface area contributed by atoms with Crippen molar-refractivity contribution in [3.05, 3.63) is 42.9 Å². The van der Waals surface area contributed by atoms with Crippen LogP contribution in [0.15, 0.2) is 42.9 Å². The monoisotopic (exact) mass is 336 g/mol. The Labute approximate surface area is 147 Å². The number of nitrogens with one attached hydrogen (secondary N) is 2. The Kier molecular flexibility index (Phi) is 4.65. The van der Waals surface area contributed by atoms with Gasteiger partial charge >= 0.3 is 0 Å². The molecule has 4 rings (SSSR count). The molecular formula is C20H24N4O. The maximum Gasteiger partial charge on any atom is 0.126 e. The highest BCUT2D eigenvalue weighted by Crippen LogP contribution is 2.27. The molecule has 2 N–H and O–H groups in total. The molecule has 1 aliphatic rings. The molecule has 25 heavy (non-hydrogen) atoms. The molecule has 1 fully saturated rings. The molecule has 0 saturated heterocycles. The van der Waals surface area contributed by atoms with Gasteiger partial charge in [-0.2, -0.15) is 5.10 Å². The first-order valence-electron chi connectivity index (χ1n) is 8.97. The third-order valence-electron chi connectivity index (χ3n) is 5.25. The van der Waals surface area contributed by atoms with Crippen molar-refractivity contribution >= 4 is 16.6 Å². The van der Waals surface area contributed by atoms with E-state index in [4.69, 9.17) is 4.74 Å². The van der Waals surface area contributed by atoms with Gasteiger partial charge in [-0.1, -0.05) is 12.1 Å². The van der Waals surface area contributed by atoms with Crippen LogP contribution in [-0.2, 0) is 4.74 Å². The third kappa shape index (κ3) is 3.66. The minimum atomic E-state index is 0.455. The van der Waals surface area contributed by atoms with E-state index in [0.29, 0.717) is 12.0 Å². The fourth-order valence-corrected chi connectivity index (χ4v) is 3.65. The van der Waals surface area contributed by atoms with Crippen LogP contribution in [-0.4, -0.2) is 34.9 Å². The number of H-pyrrole nitrogens is 1. The minimum Gasteiger partial charge on any atom is -0.381 e. The number of ether oxygens (including phenoxy) is 1. The SMILES string of the molecule is COC1CCC(CNc2cc3cc(-c4cn[nH]c4)ccc3cn2)CC1. The highest BCUT2D eigenvalue weighted by Gasteiger charge is 2.20. The smallest absolute Gasteiger partial charge is 0.126 e. The topological polar surface area (TPSA) is 62.8 Å². The summed E-state index contributed by atoms with van der Waals surface area (Å²) in [6.07, 6.45) is 10.9. The Hall–Kier alpha value is -2.40. The number of methoxy groups -OCH3 is 1. The number of aromatic amines is 1. The molecule has 0 atom stereocenters. The summed E-state index contributed by atoms with van der Waals surface area (Å²) in [5.41, 5.74) is 2.26. The lowest BCUT2D eigenvalue weighted by atomic mass is 9.87. The van der Waals surface area contributed by atoms with Gasteiger partial charge in [-0.3, -0.25) is 5.10 Å². The second kappa shape index (κ2) is 7.23. The summed E-state index contributed by atoms with van der Waals surface area (Å²) in [7, 11) is 1.82. The number of fused-ring (bicyclic) bond motifs is 1. The first kappa shape index (κ1) is 16.1. The van der Waals surface area contributed by atoms with Gasteiger partial charge in [-0.15, -0.1) is 0 Å². The van der Waals surface area contributed by atoms with Crippen molar-refractivity contribution in [3.8, 4) is 11.1 Å². The van der Waals surface area contributed by atoms with Crippen molar-refractivity contribution < 1.29 is 4.74 Å². The van der Waals surface area contributed by atoms with Crippen LogP contribution in [0.4, 0.5) is 5.82 Å². The maximum atomic E-state index is 5.45. The van der Waals surface area contributed by atoms with Crippen LogP contribution in [0.3, 0.4) is 0 Å². The first-order chi connectivity index (χ1) is 12.3. The van der Waals surface area contributed by atoms with E-state index in [1.165, 1.54) is 31.1 Å². The van der Waals surface area contributed by atoms with Gasteiger partial charge in [0.1, 0.15) is 5.82 Å². The van der Waals surface area contributed by atoms with Crippen LogP contribution in [0.2, 0.25) is 0 Å². The molecule has 2 heterocycles. The Bertz CT molecular complexity index is 823. The van der Waals surface area contributed by atoms with Gasteiger partial charge in [0.05, 0.1) is 12.3 Å². The second-order valence-electron chi connectivity index (χ2n) is 6.88. The van der Waals surface area contributed by atoms with Crippen molar-refractivity contribution in [3.63, 3.8) is 0 Å². The van der Waals surface area contributed by atoms with E-state index in [9.17, 15) is 0 Å². The van der Waals surface area contributed by atoms with Crippen LogP contribution >= 0.6 is 0 Å². The standard InChI is InChI=1S/C20H24N4O/c1-25-19-6-2-14(3-7-19)10-21-20-9-17-8-15(18-12-23-24-13-18)4-5-16(17)11-22-20/h4-5,8-9,11-14,19H,2-3,6-7,10H2,1H3,(H,21,22)(H,23,24). The summed E-state index contributed by atoms with van der Waals surface area (Å²) in [5, 5.41) is 12.8. The molecule has 0 bridgehead atoms. The molecule has 0 aliphatic heterocycles. The zero-order valence-electron chi connectivity index (χ0n) is 14.5. The lowest BCUT2D eigenvalue weighted by Gasteiger charge is -2.27. The molecular weight excluding hydrogens is 312 g/mol. The van der Waals surface area contributed by atoms with E-state index in [1.807, 2.05) is 25.7 Å². The van der Waals surface area contributed by atoms with Crippen molar-refractivity contribution in [2.45, 2.75) is 31.8 Å². The Morgan fingerprint density at radius 1 is 1.08 bits per heavy atom. The number of nitrogens with zero attached hydrogens (tertiary/aromatic N) is 2. The van der Waals surface area contributed by atoms with Gasteiger partial charge < -0.3 is 10.1 Å². The summed E-state index contributed by atoms with van der Waals surface area (Å²) < 4.78 is 5.45. The summed E-state index contributed by atoms with van der Waals surface area (Å²) in [6, 6.07) is 8.55. The normalized spacial score (nSPS) is 20.7. The average Bonchev–Trinajstić information content (AvgIpc) is 3.21. The van der Waals surface area contributed by atoms with Gasteiger partial charge in [0.15, 0.2) is 0 Å². The van der Waals surface area contributed by atoms with Crippen LogP contribution in [0.25, 0.3) is 21.9 Å². The molecule has 0 unspecified atom stereocenters. The molecule has 5 nitrogen and oxygen atoms in total.